The minimum absolute atomic E-state index is 0.655. The van der Waals surface area contributed by atoms with Gasteiger partial charge in [-0.25, -0.2) is 0 Å². The van der Waals surface area contributed by atoms with E-state index in [2.05, 4.69) is 5.32 Å². The molecule has 0 aliphatic carbocycles. The van der Waals surface area contributed by atoms with Gasteiger partial charge in [-0.3, -0.25) is 9.11 Å². The molecule has 1 aromatic carbocycles. The highest BCUT2D eigenvalue weighted by atomic mass is 35.5. The molecule has 0 aliphatic heterocycles. The van der Waals surface area contributed by atoms with E-state index in [4.69, 9.17) is 34.9 Å². The van der Waals surface area contributed by atoms with Crippen LogP contribution in [0.25, 0.3) is 0 Å². The second kappa shape index (κ2) is 5.76. The molecule has 1 rings (SSSR count). The van der Waals surface area contributed by atoms with Gasteiger partial charge >= 0.3 is 10.4 Å². The van der Waals surface area contributed by atoms with E-state index in [1.54, 1.807) is 12.1 Å². The summed E-state index contributed by atoms with van der Waals surface area (Å²) in [6.07, 6.45) is 0. The van der Waals surface area contributed by atoms with Crippen LogP contribution in [0.3, 0.4) is 0 Å². The first-order valence-corrected chi connectivity index (χ1v) is 5.44. The summed E-state index contributed by atoms with van der Waals surface area (Å²) in [6, 6.07) is 5.36. The molecule has 1 aromatic rings. The van der Waals surface area contributed by atoms with Crippen LogP contribution in [-0.4, -0.2) is 24.6 Å². The fourth-order valence-electron chi connectivity index (χ4n) is 0.734. The molecule has 0 radical (unpaired) electrons. The predicted octanol–water partition coefficient (Wildman–Crippen LogP) is 1.31. The van der Waals surface area contributed by atoms with E-state index >= 15 is 0 Å². The highest BCUT2D eigenvalue weighted by Crippen LogP contribution is 2.22. The SMILES string of the molecule is CNc1ccc(N)cc1Cl.O=S(=O)(O)O. The van der Waals surface area contributed by atoms with Gasteiger partial charge in [-0.05, 0) is 18.2 Å². The lowest BCUT2D eigenvalue weighted by Crippen LogP contribution is -1.90. The lowest BCUT2D eigenvalue weighted by molar-refractivity contribution is 0.381. The van der Waals surface area contributed by atoms with Crippen molar-refractivity contribution in [3.8, 4) is 0 Å². The van der Waals surface area contributed by atoms with E-state index < -0.39 is 10.4 Å². The number of anilines is 2. The smallest absolute Gasteiger partial charge is 0.394 e. The average Bonchev–Trinajstić information content (AvgIpc) is 2.01. The van der Waals surface area contributed by atoms with E-state index in [0.29, 0.717) is 10.7 Å². The van der Waals surface area contributed by atoms with Gasteiger partial charge in [0.05, 0.1) is 10.7 Å². The van der Waals surface area contributed by atoms with Crippen molar-refractivity contribution in [3.63, 3.8) is 0 Å². The van der Waals surface area contributed by atoms with Crippen LogP contribution in [0.2, 0.25) is 5.02 Å². The second-order valence-corrected chi connectivity index (χ2v) is 3.74. The van der Waals surface area contributed by atoms with Gasteiger partial charge in [-0.1, -0.05) is 11.6 Å². The fourth-order valence-corrected chi connectivity index (χ4v) is 1.02. The quantitative estimate of drug-likeness (QED) is 0.444. The van der Waals surface area contributed by atoms with Crippen LogP contribution >= 0.6 is 11.6 Å². The van der Waals surface area contributed by atoms with Gasteiger partial charge in [0.2, 0.25) is 0 Å². The topological polar surface area (TPSA) is 113 Å². The fraction of sp³-hybridized carbons (Fsp3) is 0.143. The first kappa shape index (κ1) is 14.0. The lowest BCUT2D eigenvalue weighted by atomic mass is 10.3. The molecule has 0 saturated carbocycles. The highest BCUT2D eigenvalue weighted by Gasteiger charge is 1.95. The molecule has 0 aliphatic rings. The summed E-state index contributed by atoms with van der Waals surface area (Å²) in [6.45, 7) is 0. The third kappa shape index (κ3) is 8.01. The molecule has 0 aromatic heterocycles. The van der Waals surface area contributed by atoms with Gasteiger partial charge in [0.1, 0.15) is 0 Å². The maximum atomic E-state index is 8.74. The summed E-state index contributed by atoms with van der Waals surface area (Å²) < 4.78 is 31.6. The molecule has 8 heteroatoms. The van der Waals surface area contributed by atoms with Gasteiger partial charge in [-0.2, -0.15) is 8.42 Å². The van der Waals surface area contributed by atoms with E-state index in [0.717, 1.165) is 5.69 Å². The number of rotatable bonds is 1. The molecule has 0 bridgehead atoms. The van der Waals surface area contributed by atoms with Crippen LogP contribution in [0.5, 0.6) is 0 Å². The van der Waals surface area contributed by atoms with Crippen molar-refractivity contribution in [2.24, 2.45) is 0 Å². The predicted molar refractivity (Wildman–Crippen MR) is 59.6 cm³/mol. The summed E-state index contributed by atoms with van der Waals surface area (Å²) in [5, 5.41) is 3.59. The molecule has 15 heavy (non-hydrogen) atoms. The van der Waals surface area contributed by atoms with E-state index in [1.165, 1.54) is 0 Å². The molecule has 0 atom stereocenters. The van der Waals surface area contributed by atoms with Crippen LogP contribution in [0, 0.1) is 0 Å². The van der Waals surface area contributed by atoms with Gasteiger partial charge in [-0.15, -0.1) is 0 Å². The van der Waals surface area contributed by atoms with Crippen molar-refractivity contribution < 1.29 is 17.5 Å². The van der Waals surface area contributed by atoms with Gasteiger partial charge in [0.25, 0.3) is 0 Å². The maximum Gasteiger partial charge on any atom is 0.394 e. The van der Waals surface area contributed by atoms with Crippen molar-refractivity contribution >= 4 is 33.4 Å². The molecule has 86 valence electrons. The molecule has 0 heterocycles. The number of hydrogen-bond donors (Lipinski definition) is 4. The lowest BCUT2D eigenvalue weighted by Gasteiger charge is -2.02. The summed E-state index contributed by atoms with van der Waals surface area (Å²) >= 11 is 5.79. The Labute approximate surface area is 92.6 Å². The second-order valence-electron chi connectivity index (χ2n) is 2.44. The summed E-state index contributed by atoms with van der Waals surface area (Å²) in [5.74, 6) is 0. The maximum absolute atomic E-state index is 8.74. The van der Waals surface area contributed by atoms with Gasteiger partial charge in [0.15, 0.2) is 0 Å². The first-order valence-electron chi connectivity index (χ1n) is 3.66. The van der Waals surface area contributed by atoms with Gasteiger partial charge < -0.3 is 11.1 Å². The third-order valence-corrected chi connectivity index (χ3v) is 1.58. The molecule has 0 spiro atoms. The van der Waals surface area contributed by atoms with Crippen molar-refractivity contribution in [2.75, 3.05) is 18.1 Å². The first-order chi connectivity index (χ1) is 6.74. The van der Waals surface area contributed by atoms with Crippen molar-refractivity contribution in [1.29, 1.82) is 0 Å². The number of nitrogens with one attached hydrogen (secondary N) is 1. The van der Waals surface area contributed by atoms with Crippen LogP contribution in [0.4, 0.5) is 11.4 Å². The number of hydrogen-bond acceptors (Lipinski definition) is 4. The normalized spacial score (nSPS) is 10.1. The Morgan fingerprint density at radius 2 is 1.87 bits per heavy atom. The van der Waals surface area contributed by atoms with E-state index in [1.807, 2.05) is 13.1 Å². The number of nitrogens with two attached hydrogens (primary N) is 1. The van der Waals surface area contributed by atoms with Crippen molar-refractivity contribution in [1.82, 2.24) is 0 Å². The molecule has 0 unspecified atom stereocenters. The third-order valence-electron chi connectivity index (χ3n) is 1.26. The highest BCUT2D eigenvalue weighted by molar-refractivity contribution is 7.79. The Bertz CT molecular complexity index is 413. The minimum atomic E-state index is -4.67. The van der Waals surface area contributed by atoms with Gasteiger partial charge in [0, 0.05) is 12.7 Å². The minimum Gasteiger partial charge on any atom is -0.399 e. The zero-order chi connectivity index (χ0) is 12.1. The molecule has 0 fully saturated rings. The zero-order valence-electron chi connectivity index (χ0n) is 7.81. The molecular formula is C7H11ClN2O4S. The number of nitrogen functional groups attached to an aromatic ring is 1. The van der Waals surface area contributed by atoms with Crippen LogP contribution in [0.15, 0.2) is 18.2 Å². The Morgan fingerprint density at radius 1 is 1.40 bits per heavy atom. The molecule has 5 N–H and O–H groups in total. The Hall–Kier alpha value is -1.02. The summed E-state index contributed by atoms with van der Waals surface area (Å²) in [7, 11) is -2.85. The number of halogens is 1. The largest absolute Gasteiger partial charge is 0.399 e. The Balaban J connectivity index is 0.000000336. The average molecular weight is 255 g/mol. The van der Waals surface area contributed by atoms with Crippen LogP contribution in [-0.2, 0) is 10.4 Å². The van der Waals surface area contributed by atoms with Crippen molar-refractivity contribution in [2.45, 2.75) is 0 Å². The Kier molecular flexibility index (Phi) is 5.37. The van der Waals surface area contributed by atoms with E-state index in [-0.39, 0.29) is 0 Å². The molecular weight excluding hydrogens is 244 g/mol. The van der Waals surface area contributed by atoms with Crippen LogP contribution < -0.4 is 11.1 Å². The van der Waals surface area contributed by atoms with Crippen LogP contribution in [0.1, 0.15) is 0 Å². The van der Waals surface area contributed by atoms with Crippen molar-refractivity contribution in [3.05, 3.63) is 23.2 Å². The molecule has 6 nitrogen and oxygen atoms in total. The summed E-state index contributed by atoms with van der Waals surface area (Å²) in [4.78, 5) is 0. The monoisotopic (exact) mass is 254 g/mol. The zero-order valence-corrected chi connectivity index (χ0v) is 9.38. The number of benzene rings is 1. The standard InChI is InChI=1S/C7H9ClN2.H2O4S/c1-10-7-3-2-5(9)4-6(7)8;1-5(2,3)4/h2-4,10H,9H2,1H3;(H2,1,2,3,4). The molecule has 0 amide bonds. The molecule has 0 saturated heterocycles. The Morgan fingerprint density at radius 3 is 2.20 bits per heavy atom. The van der Waals surface area contributed by atoms with E-state index in [9.17, 15) is 0 Å². The summed E-state index contributed by atoms with van der Waals surface area (Å²) in [5.41, 5.74) is 7.05.